The number of rotatable bonds is 7. The van der Waals surface area contributed by atoms with Crippen LogP contribution in [-0.2, 0) is 13.1 Å². The van der Waals surface area contributed by atoms with E-state index in [0.717, 1.165) is 39.1 Å². The second-order valence-corrected chi connectivity index (χ2v) is 7.96. The number of carbonyl (C=O) groups excluding carboxylic acids is 1. The maximum atomic E-state index is 12.1. The summed E-state index contributed by atoms with van der Waals surface area (Å²) in [6.45, 7) is 14.0. The van der Waals surface area contributed by atoms with Gasteiger partial charge >= 0.3 is 0 Å². The van der Waals surface area contributed by atoms with E-state index in [4.69, 9.17) is 4.42 Å². The SMILES string of the molecule is CCC(C)NC(=O)c1coc(CN2CCN(Cc3cc(C)cc(C)c3)CC2)n1. The minimum absolute atomic E-state index is 0.137. The molecule has 1 aliphatic heterocycles. The van der Waals surface area contributed by atoms with Gasteiger partial charge in [0.05, 0.1) is 6.54 Å². The van der Waals surface area contributed by atoms with Crippen LogP contribution in [0.2, 0.25) is 0 Å². The van der Waals surface area contributed by atoms with E-state index >= 15 is 0 Å². The van der Waals surface area contributed by atoms with Gasteiger partial charge in [0.1, 0.15) is 6.26 Å². The van der Waals surface area contributed by atoms with E-state index in [1.807, 2.05) is 13.8 Å². The van der Waals surface area contributed by atoms with Crippen LogP contribution in [0.5, 0.6) is 0 Å². The highest BCUT2D eigenvalue weighted by Crippen LogP contribution is 2.14. The quantitative estimate of drug-likeness (QED) is 0.795. The van der Waals surface area contributed by atoms with E-state index in [9.17, 15) is 4.79 Å². The van der Waals surface area contributed by atoms with Crippen LogP contribution < -0.4 is 5.32 Å². The lowest BCUT2D eigenvalue weighted by atomic mass is 10.1. The van der Waals surface area contributed by atoms with Crippen LogP contribution in [0.4, 0.5) is 0 Å². The van der Waals surface area contributed by atoms with Gasteiger partial charge in [-0.25, -0.2) is 4.98 Å². The number of hydrogen-bond donors (Lipinski definition) is 1. The molecule has 0 bridgehead atoms. The predicted molar refractivity (Wildman–Crippen MR) is 110 cm³/mol. The first-order valence-electron chi connectivity index (χ1n) is 10.2. The summed E-state index contributed by atoms with van der Waals surface area (Å²) in [5.74, 6) is 0.444. The summed E-state index contributed by atoms with van der Waals surface area (Å²) in [6.07, 6.45) is 2.35. The molecular formula is C22H32N4O2. The van der Waals surface area contributed by atoms with Crippen molar-refractivity contribution in [2.24, 2.45) is 0 Å². The van der Waals surface area contributed by atoms with Gasteiger partial charge in [0.25, 0.3) is 5.91 Å². The number of carbonyl (C=O) groups is 1. The van der Waals surface area contributed by atoms with E-state index in [1.54, 1.807) is 0 Å². The van der Waals surface area contributed by atoms with Gasteiger partial charge in [-0.15, -0.1) is 0 Å². The largest absolute Gasteiger partial charge is 0.447 e. The van der Waals surface area contributed by atoms with Crippen LogP contribution in [0.1, 0.15) is 53.3 Å². The molecule has 28 heavy (non-hydrogen) atoms. The molecule has 0 saturated carbocycles. The zero-order valence-electron chi connectivity index (χ0n) is 17.5. The molecule has 0 radical (unpaired) electrons. The average molecular weight is 385 g/mol. The molecule has 2 heterocycles. The number of amides is 1. The topological polar surface area (TPSA) is 61.6 Å². The van der Waals surface area contributed by atoms with Gasteiger partial charge in [0.15, 0.2) is 5.69 Å². The lowest BCUT2D eigenvalue weighted by Gasteiger charge is -2.34. The molecule has 152 valence electrons. The zero-order valence-corrected chi connectivity index (χ0v) is 17.5. The fourth-order valence-electron chi connectivity index (χ4n) is 3.60. The van der Waals surface area contributed by atoms with E-state index in [0.29, 0.717) is 18.1 Å². The zero-order chi connectivity index (χ0) is 20.1. The second-order valence-electron chi connectivity index (χ2n) is 7.96. The molecule has 1 fully saturated rings. The Morgan fingerprint density at radius 1 is 1.11 bits per heavy atom. The van der Waals surface area contributed by atoms with Gasteiger partial charge < -0.3 is 9.73 Å². The van der Waals surface area contributed by atoms with Crippen LogP contribution in [-0.4, -0.2) is 52.9 Å². The highest BCUT2D eigenvalue weighted by Gasteiger charge is 2.20. The Hall–Kier alpha value is -2.18. The highest BCUT2D eigenvalue weighted by molar-refractivity contribution is 5.92. The monoisotopic (exact) mass is 384 g/mol. The van der Waals surface area contributed by atoms with Gasteiger partial charge in [0.2, 0.25) is 5.89 Å². The molecule has 1 amide bonds. The van der Waals surface area contributed by atoms with Gasteiger partial charge in [0, 0.05) is 38.8 Å². The van der Waals surface area contributed by atoms with Crippen LogP contribution in [0.15, 0.2) is 28.9 Å². The summed E-state index contributed by atoms with van der Waals surface area (Å²) < 4.78 is 5.53. The van der Waals surface area contributed by atoms with Crippen molar-refractivity contribution in [2.45, 2.75) is 53.2 Å². The number of oxazole rings is 1. The maximum absolute atomic E-state index is 12.1. The Morgan fingerprint density at radius 2 is 1.71 bits per heavy atom. The number of nitrogens with zero attached hydrogens (tertiary/aromatic N) is 3. The molecule has 1 aromatic carbocycles. The Bertz CT molecular complexity index is 773. The Balaban J connectivity index is 1.47. The van der Waals surface area contributed by atoms with E-state index in [2.05, 4.69) is 52.1 Å². The predicted octanol–water partition coefficient (Wildman–Crippen LogP) is 3.14. The van der Waals surface area contributed by atoms with Crippen molar-refractivity contribution in [3.05, 3.63) is 52.7 Å². The first-order valence-corrected chi connectivity index (χ1v) is 10.2. The summed E-state index contributed by atoms with van der Waals surface area (Å²) >= 11 is 0. The molecule has 2 aromatic rings. The van der Waals surface area contributed by atoms with E-state index < -0.39 is 0 Å². The molecule has 1 N–H and O–H groups in total. The molecule has 1 saturated heterocycles. The molecule has 1 aromatic heterocycles. The average Bonchev–Trinajstić information content (AvgIpc) is 3.11. The molecule has 1 aliphatic rings. The first-order chi connectivity index (χ1) is 13.4. The van der Waals surface area contributed by atoms with Crippen molar-refractivity contribution in [1.29, 1.82) is 0 Å². The Morgan fingerprint density at radius 3 is 2.32 bits per heavy atom. The molecule has 0 spiro atoms. The first kappa shape index (κ1) is 20.6. The minimum Gasteiger partial charge on any atom is -0.447 e. The number of nitrogens with one attached hydrogen (secondary N) is 1. The number of piperazine rings is 1. The third-order valence-corrected chi connectivity index (χ3v) is 5.29. The Labute approximate surface area is 167 Å². The third kappa shape index (κ3) is 5.66. The van der Waals surface area contributed by atoms with Crippen molar-refractivity contribution in [2.75, 3.05) is 26.2 Å². The molecular weight excluding hydrogens is 352 g/mol. The van der Waals surface area contributed by atoms with Crippen LogP contribution in [0.25, 0.3) is 0 Å². The normalized spacial score (nSPS) is 16.9. The van der Waals surface area contributed by atoms with Gasteiger partial charge in [-0.05, 0) is 32.8 Å². The lowest BCUT2D eigenvalue weighted by Crippen LogP contribution is -2.45. The summed E-state index contributed by atoms with van der Waals surface area (Å²) in [5.41, 5.74) is 4.40. The van der Waals surface area contributed by atoms with Crippen molar-refractivity contribution < 1.29 is 9.21 Å². The molecule has 0 aliphatic carbocycles. The fourth-order valence-corrected chi connectivity index (χ4v) is 3.60. The number of hydrogen-bond acceptors (Lipinski definition) is 5. The summed E-state index contributed by atoms with van der Waals surface area (Å²) in [6, 6.07) is 6.91. The number of aromatic nitrogens is 1. The summed E-state index contributed by atoms with van der Waals surface area (Å²) in [5, 5.41) is 2.92. The molecule has 1 atom stereocenters. The second kappa shape index (κ2) is 9.34. The van der Waals surface area contributed by atoms with Gasteiger partial charge in [-0.2, -0.15) is 0 Å². The van der Waals surface area contributed by atoms with Gasteiger partial charge in [-0.3, -0.25) is 14.6 Å². The summed E-state index contributed by atoms with van der Waals surface area (Å²) in [7, 11) is 0. The number of aryl methyl sites for hydroxylation is 2. The third-order valence-electron chi connectivity index (χ3n) is 5.29. The van der Waals surface area contributed by atoms with E-state index in [-0.39, 0.29) is 11.9 Å². The van der Waals surface area contributed by atoms with Crippen molar-refractivity contribution in [3.63, 3.8) is 0 Å². The van der Waals surface area contributed by atoms with E-state index in [1.165, 1.54) is 23.0 Å². The van der Waals surface area contributed by atoms with Crippen LogP contribution >= 0.6 is 0 Å². The highest BCUT2D eigenvalue weighted by atomic mass is 16.3. The molecule has 6 heteroatoms. The van der Waals surface area contributed by atoms with Crippen LogP contribution in [0.3, 0.4) is 0 Å². The Kier molecular flexibility index (Phi) is 6.86. The van der Waals surface area contributed by atoms with Crippen LogP contribution in [0, 0.1) is 13.8 Å². The lowest BCUT2D eigenvalue weighted by molar-refractivity contribution is 0.0934. The maximum Gasteiger partial charge on any atom is 0.273 e. The van der Waals surface area contributed by atoms with Crippen molar-refractivity contribution in [3.8, 4) is 0 Å². The standard InChI is InChI=1S/C22H32N4O2/c1-5-18(4)23-22(27)20-15-28-21(24-20)14-26-8-6-25(7-9-26)13-19-11-16(2)10-17(3)12-19/h10-12,15,18H,5-9,13-14H2,1-4H3,(H,23,27). The van der Waals surface area contributed by atoms with Gasteiger partial charge in [-0.1, -0.05) is 36.2 Å². The van der Waals surface area contributed by atoms with Crippen molar-refractivity contribution in [1.82, 2.24) is 20.1 Å². The molecule has 3 rings (SSSR count). The molecule has 1 unspecified atom stereocenters. The number of benzene rings is 1. The van der Waals surface area contributed by atoms with Crippen molar-refractivity contribution >= 4 is 5.91 Å². The molecule has 6 nitrogen and oxygen atoms in total. The fraction of sp³-hybridized carbons (Fsp3) is 0.545. The summed E-state index contributed by atoms with van der Waals surface area (Å²) in [4.78, 5) is 21.3. The smallest absolute Gasteiger partial charge is 0.273 e. The minimum atomic E-state index is -0.164.